The van der Waals surface area contributed by atoms with E-state index in [1.807, 2.05) is 29.7 Å². The molecule has 0 saturated heterocycles. The maximum Gasteiger partial charge on any atom is 0.345 e. The number of aromatic nitrogens is 4. The van der Waals surface area contributed by atoms with E-state index in [4.69, 9.17) is 9.47 Å². The Labute approximate surface area is 177 Å². The summed E-state index contributed by atoms with van der Waals surface area (Å²) in [5.74, 6) is -0.986. The van der Waals surface area contributed by atoms with Crippen LogP contribution in [-0.2, 0) is 11.3 Å². The first-order valence-corrected chi connectivity index (χ1v) is 9.58. The molecule has 0 unspecified atom stereocenters. The highest BCUT2D eigenvalue weighted by molar-refractivity contribution is 5.92. The fourth-order valence-corrected chi connectivity index (χ4v) is 3.30. The lowest BCUT2D eigenvalue weighted by Gasteiger charge is -2.11. The van der Waals surface area contributed by atoms with Crippen molar-refractivity contribution in [2.24, 2.45) is 4.99 Å². The van der Waals surface area contributed by atoms with Crippen LogP contribution in [0.1, 0.15) is 22.8 Å². The Kier molecular flexibility index (Phi) is 5.48. The number of rotatable bonds is 6. The zero-order valence-electron chi connectivity index (χ0n) is 17.2. The van der Waals surface area contributed by atoms with Gasteiger partial charge in [-0.1, -0.05) is 12.1 Å². The molecule has 0 spiro atoms. The topological polar surface area (TPSA) is 83.5 Å². The lowest BCUT2D eigenvalue weighted by molar-refractivity contribution is 0.0597. The Morgan fingerprint density at radius 2 is 2.10 bits per heavy atom. The minimum absolute atomic E-state index is 0.0813. The van der Waals surface area contributed by atoms with Crippen molar-refractivity contribution >= 4 is 23.2 Å². The van der Waals surface area contributed by atoms with Gasteiger partial charge in [0.25, 0.3) is 0 Å². The van der Waals surface area contributed by atoms with Crippen LogP contribution in [0.4, 0.5) is 4.39 Å². The van der Waals surface area contributed by atoms with Crippen molar-refractivity contribution in [1.29, 1.82) is 0 Å². The van der Waals surface area contributed by atoms with E-state index in [9.17, 15) is 9.18 Å². The molecule has 0 aliphatic heterocycles. The van der Waals surface area contributed by atoms with Gasteiger partial charge in [-0.25, -0.2) is 9.18 Å². The van der Waals surface area contributed by atoms with Crippen LogP contribution in [0, 0.1) is 5.82 Å². The second-order valence-corrected chi connectivity index (χ2v) is 6.62. The summed E-state index contributed by atoms with van der Waals surface area (Å²) in [7, 11) is 2.97. The maximum atomic E-state index is 13.8. The lowest BCUT2D eigenvalue weighted by Crippen LogP contribution is -2.07. The van der Waals surface area contributed by atoms with Gasteiger partial charge in [-0.2, -0.15) is 14.8 Å². The number of hydrogen-bond acceptors (Lipinski definition) is 6. The number of esters is 1. The number of carbonyl (C=O) groups is 1. The Morgan fingerprint density at radius 3 is 2.81 bits per heavy atom. The van der Waals surface area contributed by atoms with Gasteiger partial charge in [-0.05, 0) is 42.8 Å². The molecule has 4 rings (SSSR count). The molecular formula is C22H20FN5O3. The van der Waals surface area contributed by atoms with Crippen molar-refractivity contribution in [2.45, 2.75) is 13.5 Å². The van der Waals surface area contributed by atoms with E-state index < -0.39 is 11.8 Å². The van der Waals surface area contributed by atoms with E-state index in [-0.39, 0.29) is 17.5 Å². The highest BCUT2D eigenvalue weighted by atomic mass is 19.1. The first-order valence-electron chi connectivity index (χ1n) is 9.58. The maximum absolute atomic E-state index is 13.8. The zero-order valence-corrected chi connectivity index (χ0v) is 17.2. The predicted octanol–water partition coefficient (Wildman–Crippen LogP) is 4.01. The van der Waals surface area contributed by atoms with Crippen molar-refractivity contribution in [3.63, 3.8) is 0 Å². The van der Waals surface area contributed by atoms with Gasteiger partial charge >= 0.3 is 12.0 Å². The summed E-state index contributed by atoms with van der Waals surface area (Å²) in [4.78, 5) is 20.9. The summed E-state index contributed by atoms with van der Waals surface area (Å²) in [6, 6.07) is 11.8. The van der Waals surface area contributed by atoms with E-state index in [0.717, 1.165) is 11.1 Å². The van der Waals surface area contributed by atoms with Crippen LogP contribution in [0.5, 0.6) is 11.9 Å². The first-order chi connectivity index (χ1) is 15.0. The zero-order chi connectivity index (χ0) is 22.0. The number of hydrogen-bond donors (Lipinski definition) is 0. The molecule has 0 aliphatic rings. The molecule has 8 nitrogen and oxygen atoms in total. The molecular weight excluding hydrogens is 401 g/mol. The lowest BCUT2D eigenvalue weighted by atomic mass is 10.2. The van der Waals surface area contributed by atoms with Crippen molar-refractivity contribution in [3.05, 3.63) is 65.6 Å². The van der Waals surface area contributed by atoms with Gasteiger partial charge in [-0.15, -0.1) is 0 Å². The first kappa shape index (κ1) is 20.3. The van der Waals surface area contributed by atoms with Crippen LogP contribution in [0.3, 0.4) is 0 Å². The average Bonchev–Trinajstić information content (AvgIpc) is 3.34. The third-order valence-electron chi connectivity index (χ3n) is 4.70. The van der Waals surface area contributed by atoms with Gasteiger partial charge in [0, 0.05) is 19.8 Å². The third kappa shape index (κ3) is 3.77. The van der Waals surface area contributed by atoms with Gasteiger partial charge in [0.2, 0.25) is 5.88 Å². The van der Waals surface area contributed by atoms with Crippen LogP contribution in [0.15, 0.2) is 53.7 Å². The van der Waals surface area contributed by atoms with E-state index in [2.05, 4.69) is 15.1 Å². The van der Waals surface area contributed by atoms with E-state index >= 15 is 0 Å². The van der Waals surface area contributed by atoms with Gasteiger partial charge in [0.1, 0.15) is 11.4 Å². The standard InChI is InChI=1S/C22H20FN5O3/c1-4-27-19-9-8-14(12-24-2)10-18(19)26-22(27)31-20-17(21(29)30-3)13-25-28(20)16-7-5-6-15(23)11-16/h5-13H,4H2,1-3H3. The number of halogens is 1. The van der Waals surface area contributed by atoms with Crippen LogP contribution in [0.25, 0.3) is 16.7 Å². The second kappa shape index (κ2) is 8.39. The molecule has 2 aromatic carbocycles. The number of imidazole rings is 1. The quantitative estimate of drug-likeness (QED) is 0.347. The molecule has 0 radical (unpaired) electrons. The number of aryl methyl sites for hydroxylation is 1. The molecule has 2 aromatic heterocycles. The van der Waals surface area contributed by atoms with E-state index in [1.54, 1.807) is 25.4 Å². The van der Waals surface area contributed by atoms with Crippen molar-refractivity contribution in [2.75, 3.05) is 14.2 Å². The van der Waals surface area contributed by atoms with E-state index in [0.29, 0.717) is 17.7 Å². The molecule has 0 atom stereocenters. The summed E-state index contributed by atoms with van der Waals surface area (Å²) in [6.07, 6.45) is 3.06. The summed E-state index contributed by atoms with van der Waals surface area (Å²) in [5.41, 5.74) is 2.97. The van der Waals surface area contributed by atoms with Crippen LogP contribution in [0.2, 0.25) is 0 Å². The minimum atomic E-state index is -0.627. The second-order valence-electron chi connectivity index (χ2n) is 6.62. The third-order valence-corrected chi connectivity index (χ3v) is 4.70. The summed E-state index contributed by atoms with van der Waals surface area (Å²) >= 11 is 0. The van der Waals surface area contributed by atoms with Gasteiger partial charge < -0.3 is 9.47 Å². The monoisotopic (exact) mass is 421 g/mol. The molecule has 9 heteroatoms. The predicted molar refractivity (Wildman–Crippen MR) is 114 cm³/mol. The minimum Gasteiger partial charge on any atom is -0.465 e. The Hall–Kier alpha value is -4.01. The molecule has 158 valence electrons. The number of fused-ring (bicyclic) bond motifs is 1. The molecule has 0 amide bonds. The highest BCUT2D eigenvalue weighted by Gasteiger charge is 2.24. The SMILES string of the molecule is CCn1c(Oc2c(C(=O)OC)cnn2-c2cccc(F)c2)nc2cc(C=NC)ccc21. The van der Waals surface area contributed by atoms with Crippen molar-refractivity contribution in [1.82, 2.24) is 19.3 Å². The van der Waals surface area contributed by atoms with Gasteiger partial charge in [0.15, 0.2) is 0 Å². The molecule has 0 bridgehead atoms. The number of nitrogens with zero attached hydrogens (tertiary/aromatic N) is 5. The molecule has 0 fully saturated rings. The number of aliphatic imine (C=N–C) groups is 1. The molecule has 4 aromatic rings. The fraction of sp³-hybridized carbons (Fsp3) is 0.182. The Balaban J connectivity index is 1.85. The van der Waals surface area contributed by atoms with Crippen LogP contribution in [-0.4, -0.2) is 45.7 Å². The molecule has 2 heterocycles. The van der Waals surface area contributed by atoms with Crippen LogP contribution >= 0.6 is 0 Å². The average molecular weight is 421 g/mol. The molecule has 0 aliphatic carbocycles. The largest absolute Gasteiger partial charge is 0.465 e. The number of benzene rings is 2. The molecule has 0 saturated carbocycles. The highest BCUT2D eigenvalue weighted by Crippen LogP contribution is 2.31. The Bertz CT molecular complexity index is 1290. The summed E-state index contributed by atoms with van der Waals surface area (Å²) in [6.45, 7) is 2.54. The molecule has 0 N–H and O–H groups in total. The molecule has 31 heavy (non-hydrogen) atoms. The van der Waals surface area contributed by atoms with Crippen molar-refractivity contribution < 1.29 is 18.7 Å². The normalized spacial score (nSPS) is 11.4. The Morgan fingerprint density at radius 1 is 1.26 bits per heavy atom. The summed E-state index contributed by atoms with van der Waals surface area (Å²) in [5, 5.41) is 4.21. The van der Waals surface area contributed by atoms with E-state index in [1.165, 1.54) is 30.1 Å². The van der Waals surface area contributed by atoms with Gasteiger partial charge in [-0.3, -0.25) is 9.56 Å². The number of methoxy groups -OCH3 is 1. The smallest absolute Gasteiger partial charge is 0.345 e. The number of ether oxygens (including phenoxy) is 2. The summed E-state index contributed by atoms with van der Waals surface area (Å²) < 4.78 is 28.0. The fourth-order valence-electron chi connectivity index (χ4n) is 3.30. The van der Waals surface area contributed by atoms with Crippen molar-refractivity contribution in [3.8, 4) is 17.6 Å². The van der Waals surface area contributed by atoms with Gasteiger partial charge in [0.05, 0.1) is 30.0 Å². The van der Waals surface area contributed by atoms with Crippen LogP contribution < -0.4 is 4.74 Å². The number of carbonyl (C=O) groups excluding carboxylic acids is 1.